The van der Waals surface area contributed by atoms with Gasteiger partial charge in [0.1, 0.15) is 38.1 Å². The van der Waals surface area contributed by atoms with Crippen LogP contribution in [0, 0.1) is 13.8 Å². The molecule has 2 saturated heterocycles. The van der Waals surface area contributed by atoms with Gasteiger partial charge in [-0.2, -0.15) is 0 Å². The highest BCUT2D eigenvalue weighted by atomic mass is 79.9. The highest BCUT2D eigenvalue weighted by molar-refractivity contribution is 9.10. The number of carbonyl (C=O) groups is 3. The zero-order chi connectivity index (χ0) is 62.7. The molecule has 2 fully saturated rings. The van der Waals surface area contributed by atoms with E-state index in [0.29, 0.717) is 46.6 Å². The standard InChI is InChI=1S/C26H25BrN4OS.C24H26ClN3OS.C21H21ClN2OS/c1-31-12-10-26(11-13-31)29-24(19-6-8-21(27)9-7-19)25(30-26)33-17-22(32)15-18-14-20-4-2-3-5-23(20)28-16-18;1-17-3-7-19(8-4-17)22-23(27-24(26-22)11-13-28(2)14-12-24)30-16-21(29)15-18-5-9-20(25)10-6-18;1-14-4-8-16(9-5-14)19-20(24-21(2,3)23-19)26-13-18(25)12-15-6-10-17(22)11-7-15/h2-9,14,16H,10-13,15,17H2,1H3;3-10H,11-16H2,1-2H3;4-11H,12-13H2,1-3H3. The SMILES string of the molecule is CN1CCC2(CC1)N=C(SCC(=O)Cc1cnc3ccccc3c1)C(c1ccc(Br)cc1)=N2.Cc1ccc(C2=NC(C)(C)N=C2SCC(=O)Cc2ccc(Cl)cc2)cc1.Cc1ccc(C2=NC3(CCN(C)CC3)N=C2SCC(=O)Cc2ccc(Cl)cc2)cc1. The van der Waals surface area contributed by atoms with Gasteiger partial charge in [0.05, 0.1) is 39.9 Å². The monoisotopic (exact) mass is 1340 g/mol. The van der Waals surface area contributed by atoms with E-state index in [-0.39, 0.29) is 28.7 Å². The van der Waals surface area contributed by atoms with Crippen molar-refractivity contribution < 1.29 is 14.4 Å². The second kappa shape index (κ2) is 29.8. The van der Waals surface area contributed by atoms with Crippen molar-refractivity contribution >= 4 is 135 Å². The van der Waals surface area contributed by atoms with Crippen molar-refractivity contribution in [2.45, 2.75) is 89.6 Å². The first-order valence-electron chi connectivity index (χ1n) is 29.9. The molecule has 12 nitrogen and oxygen atoms in total. The van der Waals surface area contributed by atoms with Crippen molar-refractivity contribution in [1.82, 2.24) is 14.8 Å². The molecule has 0 amide bonds. The smallest absolute Gasteiger partial charge is 0.154 e. The molecule has 6 heterocycles. The quantitative estimate of drug-likeness (QED) is 0.0979. The lowest BCUT2D eigenvalue weighted by Crippen LogP contribution is -2.39. The average Bonchev–Trinajstić information content (AvgIpc) is 1.79. The molecule has 89 heavy (non-hydrogen) atoms. The maximum Gasteiger partial charge on any atom is 0.154 e. The van der Waals surface area contributed by atoms with E-state index in [4.69, 9.17) is 53.2 Å². The number of carbonyl (C=O) groups excluding carboxylic acids is 3. The summed E-state index contributed by atoms with van der Waals surface area (Å²) in [4.78, 5) is 76.7. The summed E-state index contributed by atoms with van der Waals surface area (Å²) in [7, 11) is 4.28. The summed E-state index contributed by atoms with van der Waals surface area (Å²) >= 11 is 19.8. The van der Waals surface area contributed by atoms with Crippen LogP contribution in [0.4, 0.5) is 0 Å². The van der Waals surface area contributed by atoms with Crippen LogP contribution in [0.25, 0.3) is 10.9 Å². The first-order valence-corrected chi connectivity index (χ1v) is 34.4. The van der Waals surface area contributed by atoms with Gasteiger partial charge in [0, 0.05) is 114 Å². The number of pyridine rings is 1. The lowest BCUT2D eigenvalue weighted by molar-refractivity contribution is -0.116. The fourth-order valence-corrected chi connectivity index (χ4v) is 14.1. The molecule has 2 spiro atoms. The van der Waals surface area contributed by atoms with E-state index in [1.54, 1.807) is 6.20 Å². The van der Waals surface area contributed by atoms with Gasteiger partial charge in [0.15, 0.2) is 11.3 Å². The first-order chi connectivity index (χ1) is 42.7. The Morgan fingerprint density at radius 3 is 1.30 bits per heavy atom. The summed E-state index contributed by atoms with van der Waals surface area (Å²) in [5.74, 6) is 1.65. The molecule has 0 bridgehead atoms. The molecule has 5 aliphatic heterocycles. The average molecular weight is 1350 g/mol. The van der Waals surface area contributed by atoms with Crippen LogP contribution in [0.3, 0.4) is 0 Å². The number of aromatic nitrogens is 1. The number of hydrogen-bond acceptors (Lipinski definition) is 15. The van der Waals surface area contributed by atoms with E-state index < -0.39 is 5.66 Å². The molecule has 1 aromatic heterocycles. The van der Waals surface area contributed by atoms with E-state index in [1.165, 1.54) is 46.4 Å². The highest BCUT2D eigenvalue weighted by Gasteiger charge is 2.41. The topological polar surface area (TPSA) is 145 Å². The number of likely N-dealkylation sites (tertiary alicyclic amines) is 2. The van der Waals surface area contributed by atoms with Gasteiger partial charge in [-0.05, 0) is 107 Å². The Hall–Kier alpha value is -6.21. The number of fused-ring (bicyclic) bond motifs is 1. The zero-order valence-corrected chi connectivity index (χ0v) is 56.6. The van der Waals surface area contributed by atoms with Crippen molar-refractivity contribution in [3.8, 4) is 0 Å². The first kappa shape index (κ1) is 65.7. The van der Waals surface area contributed by atoms with E-state index in [2.05, 4.69) is 125 Å². The molecular formula is C71H72BrCl2N9O3S3. The molecule has 0 radical (unpaired) electrons. The number of nitrogens with zero attached hydrogens (tertiary/aromatic N) is 9. The van der Waals surface area contributed by atoms with E-state index in [9.17, 15) is 14.4 Å². The van der Waals surface area contributed by atoms with Gasteiger partial charge < -0.3 is 9.80 Å². The molecule has 5 aliphatic rings. The van der Waals surface area contributed by atoms with Crippen LogP contribution < -0.4 is 0 Å². The van der Waals surface area contributed by atoms with E-state index in [0.717, 1.165) is 133 Å². The summed E-state index contributed by atoms with van der Waals surface area (Å²) in [6.07, 6.45) is 6.64. The predicted molar refractivity (Wildman–Crippen MR) is 380 cm³/mol. The summed E-state index contributed by atoms with van der Waals surface area (Å²) in [5.41, 5.74) is 10.9. The molecular weight excluding hydrogens is 1270 g/mol. The Balaban J connectivity index is 0.000000148. The Kier molecular flexibility index (Phi) is 22.0. The third-order valence-corrected chi connectivity index (χ3v) is 19.9. The van der Waals surface area contributed by atoms with Gasteiger partial charge in [-0.25, -0.2) is 15.0 Å². The second-order valence-electron chi connectivity index (χ2n) is 23.7. The van der Waals surface area contributed by atoms with Gasteiger partial charge in [0.25, 0.3) is 0 Å². The maximum absolute atomic E-state index is 12.8. The molecule has 12 rings (SSSR count). The molecule has 6 aromatic carbocycles. The zero-order valence-electron chi connectivity index (χ0n) is 51.0. The fourth-order valence-electron chi connectivity index (χ4n) is 10.7. The van der Waals surface area contributed by atoms with Crippen LogP contribution in [-0.4, -0.2) is 139 Å². The minimum atomic E-state index is -0.484. The lowest BCUT2D eigenvalue weighted by Gasteiger charge is -2.33. The van der Waals surface area contributed by atoms with Crippen LogP contribution in [0.5, 0.6) is 0 Å². The van der Waals surface area contributed by atoms with Crippen molar-refractivity contribution in [2.24, 2.45) is 30.0 Å². The minimum absolute atomic E-state index is 0.160. The summed E-state index contributed by atoms with van der Waals surface area (Å²) in [6.45, 7) is 12.0. The third-order valence-electron chi connectivity index (χ3n) is 15.8. The fraction of sp³-hybridized carbons (Fsp3) is 0.324. The van der Waals surface area contributed by atoms with Gasteiger partial charge in [-0.15, -0.1) is 0 Å². The molecule has 458 valence electrons. The summed E-state index contributed by atoms with van der Waals surface area (Å²) in [6, 6.07) is 49.7. The highest BCUT2D eigenvalue weighted by Crippen LogP contribution is 2.38. The summed E-state index contributed by atoms with van der Waals surface area (Å²) < 4.78 is 1.03. The number of ketones is 3. The van der Waals surface area contributed by atoms with Gasteiger partial charge >= 0.3 is 0 Å². The van der Waals surface area contributed by atoms with Gasteiger partial charge in [0.2, 0.25) is 0 Å². The Labute approximate surface area is 553 Å². The summed E-state index contributed by atoms with van der Waals surface area (Å²) in [5, 5.41) is 5.04. The third kappa shape index (κ3) is 18.3. The molecule has 0 atom stereocenters. The second-order valence-corrected chi connectivity index (χ2v) is 28.4. The number of para-hydroxylation sites is 1. The largest absolute Gasteiger partial charge is 0.306 e. The minimum Gasteiger partial charge on any atom is -0.306 e. The number of aryl methyl sites for hydroxylation is 2. The maximum atomic E-state index is 12.8. The predicted octanol–water partition coefficient (Wildman–Crippen LogP) is 15.1. The number of thioether (sulfide) groups is 3. The molecule has 7 aromatic rings. The van der Waals surface area contributed by atoms with Gasteiger partial charge in [-0.3, -0.25) is 34.3 Å². The van der Waals surface area contributed by atoms with Crippen LogP contribution >= 0.6 is 74.4 Å². The molecule has 0 N–H and O–H groups in total. The van der Waals surface area contributed by atoms with Gasteiger partial charge in [-0.1, -0.05) is 189 Å². The lowest BCUT2D eigenvalue weighted by atomic mass is 9.99. The number of halogens is 3. The van der Waals surface area contributed by atoms with Crippen LogP contribution in [0.15, 0.2) is 192 Å². The number of aliphatic imine (C=N–C) groups is 6. The van der Waals surface area contributed by atoms with Crippen molar-refractivity contribution in [3.63, 3.8) is 0 Å². The number of Topliss-reactive ketones (excluding diaryl/α,β-unsaturated/α-hetero) is 3. The Morgan fingerprint density at radius 1 is 0.483 bits per heavy atom. The van der Waals surface area contributed by atoms with Crippen molar-refractivity contribution in [1.29, 1.82) is 0 Å². The molecule has 0 unspecified atom stereocenters. The number of benzene rings is 6. The van der Waals surface area contributed by atoms with Crippen LogP contribution in [-0.2, 0) is 33.6 Å². The number of rotatable bonds is 15. The van der Waals surface area contributed by atoms with E-state index >= 15 is 0 Å². The number of piperidine rings is 2. The van der Waals surface area contributed by atoms with E-state index in [1.807, 2.05) is 98.8 Å². The molecule has 0 aliphatic carbocycles. The Bertz CT molecular complexity index is 3890. The Morgan fingerprint density at radius 2 is 0.865 bits per heavy atom. The van der Waals surface area contributed by atoms with Crippen molar-refractivity contribution in [3.05, 3.63) is 217 Å². The molecule has 18 heteroatoms. The number of hydrogen-bond donors (Lipinski definition) is 0. The normalized spacial score (nSPS) is 17.4. The van der Waals surface area contributed by atoms with Crippen LogP contribution in [0.1, 0.15) is 84.0 Å². The molecule has 0 saturated carbocycles. The van der Waals surface area contributed by atoms with Crippen LogP contribution in [0.2, 0.25) is 10.0 Å². The van der Waals surface area contributed by atoms with Crippen molar-refractivity contribution in [2.75, 3.05) is 57.5 Å².